The van der Waals surface area contributed by atoms with E-state index in [1.807, 2.05) is 0 Å². The molecule has 0 aliphatic carbocycles. The topological polar surface area (TPSA) is 113 Å². The molecule has 3 N–H and O–H groups in total. The van der Waals surface area contributed by atoms with E-state index in [4.69, 9.17) is 4.74 Å². The highest BCUT2D eigenvalue weighted by Crippen LogP contribution is 2.29. The van der Waals surface area contributed by atoms with Gasteiger partial charge >= 0.3 is 0 Å². The van der Waals surface area contributed by atoms with E-state index in [0.29, 0.717) is 5.82 Å². The number of carbonyl (C=O) groups excluding carboxylic acids is 1. The summed E-state index contributed by atoms with van der Waals surface area (Å²) >= 11 is 0. The van der Waals surface area contributed by atoms with Crippen LogP contribution >= 0.6 is 0 Å². The number of hydrogen-bond acceptors (Lipinski definition) is 6. The molecule has 0 radical (unpaired) electrons. The Morgan fingerprint density at radius 1 is 1.53 bits per heavy atom. The molecule has 2 aromatic rings. The number of phenolic OH excluding ortho intramolecular Hbond substituents is 1. The summed E-state index contributed by atoms with van der Waals surface area (Å²) < 4.78 is 4.94. The predicted molar refractivity (Wildman–Crippen MR) is 64.7 cm³/mol. The Morgan fingerprint density at radius 2 is 2.32 bits per heavy atom. The maximum Gasteiger partial charge on any atom is 0.255 e. The molecule has 1 heterocycles. The molecule has 100 valence electrons. The fourth-order valence-electron chi connectivity index (χ4n) is 1.56. The van der Waals surface area contributed by atoms with E-state index in [9.17, 15) is 9.90 Å². The van der Waals surface area contributed by atoms with E-state index in [-0.39, 0.29) is 17.1 Å². The molecule has 0 saturated heterocycles. The van der Waals surface area contributed by atoms with Crippen molar-refractivity contribution >= 4 is 5.91 Å². The van der Waals surface area contributed by atoms with E-state index < -0.39 is 11.9 Å². The fraction of sp³-hybridized carbons (Fsp3) is 0.273. The van der Waals surface area contributed by atoms with Gasteiger partial charge in [0, 0.05) is 0 Å². The lowest BCUT2D eigenvalue weighted by atomic mass is 10.1. The first-order valence-electron chi connectivity index (χ1n) is 5.53. The van der Waals surface area contributed by atoms with Crippen LogP contribution in [0.3, 0.4) is 0 Å². The van der Waals surface area contributed by atoms with Gasteiger partial charge in [-0.1, -0.05) is 11.3 Å². The van der Waals surface area contributed by atoms with Gasteiger partial charge in [0.25, 0.3) is 5.91 Å². The van der Waals surface area contributed by atoms with Crippen LogP contribution in [0.1, 0.15) is 29.1 Å². The summed E-state index contributed by atoms with van der Waals surface area (Å²) in [6.45, 7) is 1.71. The summed E-state index contributed by atoms with van der Waals surface area (Å²) in [6.07, 6.45) is 0. The van der Waals surface area contributed by atoms with E-state index in [1.165, 1.54) is 13.2 Å². The summed E-state index contributed by atoms with van der Waals surface area (Å²) in [4.78, 5) is 12.0. The summed E-state index contributed by atoms with van der Waals surface area (Å²) in [5.41, 5.74) is 0.120. The van der Waals surface area contributed by atoms with Gasteiger partial charge < -0.3 is 15.2 Å². The zero-order valence-electron chi connectivity index (χ0n) is 10.4. The average Bonchev–Trinajstić information content (AvgIpc) is 2.92. The molecule has 0 bridgehead atoms. The first kappa shape index (κ1) is 12.8. The summed E-state index contributed by atoms with van der Waals surface area (Å²) in [5.74, 6) is -0.0629. The Hall–Kier alpha value is -2.64. The molecule has 0 fully saturated rings. The molecule has 0 spiro atoms. The lowest BCUT2D eigenvalue weighted by molar-refractivity contribution is 0.0935. The highest BCUT2D eigenvalue weighted by atomic mass is 16.5. The summed E-state index contributed by atoms with van der Waals surface area (Å²) in [6, 6.07) is 4.24. The van der Waals surface area contributed by atoms with E-state index in [2.05, 4.69) is 25.9 Å². The van der Waals surface area contributed by atoms with Crippen LogP contribution in [0.25, 0.3) is 0 Å². The zero-order valence-corrected chi connectivity index (χ0v) is 10.4. The molecule has 0 saturated carbocycles. The molecular weight excluding hydrogens is 250 g/mol. The predicted octanol–water partition coefficient (Wildman–Crippen LogP) is 0.405. The number of nitrogens with zero attached hydrogens (tertiary/aromatic N) is 3. The van der Waals surface area contributed by atoms with Crippen LogP contribution in [0, 0.1) is 0 Å². The van der Waals surface area contributed by atoms with Gasteiger partial charge in [-0.3, -0.25) is 4.79 Å². The van der Waals surface area contributed by atoms with Gasteiger partial charge in [0.05, 0.1) is 18.7 Å². The lowest BCUT2D eigenvalue weighted by Crippen LogP contribution is -2.27. The molecule has 8 nitrogen and oxygen atoms in total. The summed E-state index contributed by atoms with van der Waals surface area (Å²) in [5, 5.41) is 25.8. The van der Waals surface area contributed by atoms with Gasteiger partial charge in [-0.2, -0.15) is 5.21 Å². The second-order valence-electron chi connectivity index (χ2n) is 3.82. The number of tetrazole rings is 1. The van der Waals surface area contributed by atoms with Crippen molar-refractivity contribution < 1.29 is 14.6 Å². The van der Waals surface area contributed by atoms with E-state index in [1.54, 1.807) is 19.1 Å². The van der Waals surface area contributed by atoms with Crippen LogP contribution in [0.4, 0.5) is 0 Å². The number of carbonyl (C=O) groups is 1. The molecule has 19 heavy (non-hydrogen) atoms. The Kier molecular flexibility index (Phi) is 3.60. The normalized spacial score (nSPS) is 11.9. The van der Waals surface area contributed by atoms with Crippen LogP contribution in [-0.4, -0.2) is 38.7 Å². The maximum absolute atomic E-state index is 12.0. The molecule has 2 rings (SSSR count). The van der Waals surface area contributed by atoms with Gasteiger partial charge in [-0.05, 0) is 19.1 Å². The Bertz CT molecular complexity index is 570. The number of para-hydroxylation sites is 1. The zero-order chi connectivity index (χ0) is 13.8. The number of phenols is 1. The third kappa shape index (κ3) is 2.62. The fourth-order valence-corrected chi connectivity index (χ4v) is 1.56. The van der Waals surface area contributed by atoms with Crippen LogP contribution in [0.2, 0.25) is 0 Å². The van der Waals surface area contributed by atoms with Crippen molar-refractivity contribution in [3.8, 4) is 11.5 Å². The molecule has 0 aliphatic rings. The first-order valence-corrected chi connectivity index (χ1v) is 5.53. The number of amides is 1. The number of rotatable bonds is 4. The number of nitrogens with one attached hydrogen (secondary N) is 2. The Labute approximate surface area is 108 Å². The number of aromatic hydroxyl groups is 1. The number of hydrogen-bond donors (Lipinski definition) is 3. The minimum Gasteiger partial charge on any atom is -0.504 e. The lowest BCUT2D eigenvalue weighted by Gasteiger charge is -2.12. The van der Waals surface area contributed by atoms with Gasteiger partial charge in [-0.25, -0.2) is 0 Å². The second kappa shape index (κ2) is 5.34. The van der Waals surface area contributed by atoms with Gasteiger partial charge in [-0.15, -0.1) is 10.2 Å². The van der Waals surface area contributed by atoms with Gasteiger partial charge in [0.2, 0.25) is 0 Å². The van der Waals surface area contributed by atoms with Crippen LogP contribution in [0.5, 0.6) is 11.5 Å². The van der Waals surface area contributed by atoms with Crippen molar-refractivity contribution in [3.63, 3.8) is 0 Å². The Morgan fingerprint density at radius 3 is 2.95 bits per heavy atom. The number of aromatic amines is 1. The standard InChI is InChI=1S/C11H13N5O3/c1-6(10-13-15-16-14-10)12-11(18)7-4-3-5-8(19-2)9(7)17/h3-6,17H,1-2H3,(H,12,18)(H,13,14,15,16). The van der Waals surface area contributed by atoms with Crippen molar-refractivity contribution in [1.29, 1.82) is 0 Å². The monoisotopic (exact) mass is 263 g/mol. The molecule has 1 aromatic carbocycles. The molecule has 1 amide bonds. The van der Waals surface area contributed by atoms with Crippen LogP contribution in [0.15, 0.2) is 18.2 Å². The molecule has 0 aliphatic heterocycles. The van der Waals surface area contributed by atoms with Crippen LogP contribution < -0.4 is 10.1 Å². The Balaban J connectivity index is 2.16. The number of H-pyrrole nitrogens is 1. The van der Waals surface area contributed by atoms with Crippen molar-refractivity contribution in [3.05, 3.63) is 29.6 Å². The smallest absolute Gasteiger partial charge is 0.255 e. The highest BCUT2D eigenvalue weighted by Gasteiger charge is 2.18. The molecule has 1 unspecified atom stereocenters. The minimum absolute atomic E-state index is 0.120. The largest absolute Gasteiger partial charge is 0.504 e. The molecule has 1 atom stereocenters. The van der Waals surface area contributed by atoms with Crippen molar-refractivity contribution in [2.75, 3.05) is 7.11 Å². The number of methoxy groups -OCH3 is 1. The van der Waals surface area contributed by atoms with Crippen molar-refractivity contribution in [2.45, 2.75) is 13.0 Å². The number of benzene rings is 1. The van der Waals surface area contributed by atoms with Crippen LogP contribution in [-0.2, 0) is 0 Å². The van der Waals surface area contributed by atoms with Crippen molar-refractivity contribution in [1.82, 2.24) is 25.9 Å². The molecule has 1 aromatic heterocycles. The highest BCUT2D eigenvalue weighted by molar-refractivity contribution is 5.97. The van der Waals surface area contributed by atoms with E-state index in [0.717, 1.165) is 0 Å². The first-order chi connectivity index (χ1) is 9.13. The third-order valence-electron chi connectivity index (χ3n) is 2.56. The summed E-state index contributed by atoms with van der Waals surface area (Å²) in [7, 11) is 1.42. The second-order valence-corrected chi connectivity index (χ2v) is 3.82. The van der Waals surface area contributed by atoms with E-state index >= 15 is 0 Å². The molecular formula is C11H13N5O3. The minimum atomic E-state index is -0.450. The van der Waals surface area contributed by atoms with Gasteiger partial charge in [0.15, 0.2) is 17.3 Å². The SMILES string of the molecule is COc1cccc(C(=O)NC(C)c2nn[nH]n2)c1O. The maximum atomic E-state index is 12.0. The van der Waals surface area contributed by atoms with Crippen molar-refractivity contribution in [2.24, 2.45) is 0 Å². The number of ether oxygens (including phenoxy) is 1. The third-order valence-corrected chi connectivity index (χ3v) is 2.56. The quantitative estimate of drug-likeness (QED) is 0.736. The van der Waals surface area contributed by atoms with Gasteiger partial charge in [0.1, 0.15) is 0 Å². The molecule has 8 heteroatoms. The average molecular weight is 263 g/mol. The number of aromatic nitrogens is 4.